The molecule has 0 aliphatic rings. The average molecular weight is 234 g/mol. The van der Waals surface area contributed by atoms with Crippen molar-refractivity contribution in [3.05, 3.63) is 34.4 Å². The van der Waals surface area contributed by atoms with Crippen LogP contribution in [0.2, 0.25) is 0 Å². The van der Waals surface area contributed by atoms with Crippen LogP contribution in [0.4, 0.5) is 0 Å². The Morgan fingerprint density at radius 1 is 1.18 bits per heavy atom. The van der Waals surface area contributed by atoms with E-state index in [1.54, 1.807) is 0 Å². The number of benzene rings is 1. The van der Waals surface area contributed by atoms with E-state index in [9.17, 15) is 0 Å². The van der Waals surface area contributed by atoms with Gasteiger partial charge in [0.15, 0.2) is 0 Å². The lowest BCUT2D eigenvalue weighted by Crippen LogP contribution is -2.23. The summed E-state index contributed by atoms with van der Waals surface area (Å²) in [5, 5.41) is 3.42. The van der Waals surface area contributed by atoms with Gasteiger partial charge < -0.3 is 11.1 Å². The first-order valence-corrected chi connectivity index (χ1v) is 6.45. The van der Waals surface area contributed by atoms with E-state index in [4.69, 9.17) is 5.73 Å². The third kappa shape index (κ3) is 3.30. The molecule has 3 N–H and O–H groups in total. The molecule has 0 aliphatic heterocycles. The van der Waals surface area contributed by atoms with E-state index in [1.165, 1.54) is 22.3 Å². The quantitative estimate of drug-likeness (QED) is 0.822. The maximum Gasteiger partial charge on any atom is 0.0323 e. The number of nitrogens with two attached hydrogens (primary N) is 1. The van der Waals surface area contributed by atoms with Crippen LogP contribution >= 0.6 is 0 Å². The lowest BCUT2D eigenvalue weighted by molar-refractivity contribution is 0.436. The number of nitrogens with one attached hydrogen (secondary N) is 1. The van der Waals surface area contributed by atoms with Crippen LogP contribution in [0.1, 0.15) is 41.6 Å². The van der Waals surface area contributed by atoms with Crippen LogP contribution in [-0.4, -0.2) is 13.6 Å². The molecular weight excluding hydrogens is 208 g/mol. The van der Waals surface area contributed by atoms with E-state index in [2.05, 4.69) is 45.1 Å². The van der Waals surface area contributed by atoms with E-state index in [1.807, 2.05) is 7.05 Å². The minimum atomic E-state index is 0.410. The summed E-state index contributed by atoms with van der Waals surface area (Å²) in [4.78, 5) is 0. The van der Waals surface area contributed by atoms with Crippen molar-refractivity contribution in [1.82, 2.24) is 5.32 Å². The summed E-state index contributed by atoms with van der Waals surface area (Å²) < 4.78 is 0. The Hall–Kier alpha value is -0.860. The van der Waals surface area contributed by atoms with Crippen LogP contribution in [0.15, 0.2) is 12.1 Å². The Morgan fingerprint density at radius 2 is 1.82 bits per heavy atom. The minimum absolute atomic E-state index is 0.410. The minimum Gasteiger partial charge on any atom is -0.330 e. The predicted octanol–water partition coefficient (Wildman–Crippen LogP) is 2.86. The van der Waals surface area contributed by atoms with Crippen molar-refractivity contribution in [3.8, 4) is 0 Å². The van der Waals surface area contributed by atoms with E-state index in [0.717, 1.165) is 13.0 Å². The molecule has 0 aliphatic carbocycles. The van der Waals surface area contributed by atoms with Gasteiger partial charge in [-0.25, -0.2) is 0 Å². The third-order valence-corrected chi connectivity index (χ3v) is 3.86. The molecule has 0 saturated heterocycles. The molecule has 1 aromatic carbocycles. The van der Waals surface area contributed by atoms with Crippen LogP contribution in [0.5, 0.6) is 0 Å². The van der Waals surface area contributed by atoms with Gasteiger partial charge in [0.1, 0.15) is 0 Å². The van der Waals surface area contributed by atoms with Crippen LogP contribution in [-0.2, 0) is 0 Å². The molecule has 0 aromatic heterocycles. The van der Waals surface area contributed by atoms with Gasteiger partial charge in [-0.05, 0) is 69.0 Å². The summed E-state index contributed by atoms with van der Waals surface area (Å²) >= 11 is 0. The van der Waals surface area contributed by atoms with E-state index < -0.39 is 0 Å². The van der Waals surface area contributed by atoms with Gasteiger partial charge in [0.2, 0.25) is 0 Å². The van der Waals surface area contributed by atoms with Gasteiger partial charge in [-0.1, -0.05) is 19.1 Å². The summed E-state index contributed by atoms with van der Waals surface area (Å²) in [6.07, 6.45) is 1.09. The van der Waals surface area contributed by atoms with Crippen molar-refractivity contribution in [2.45, 2.75) is 40.2 Å². The third-order valence-electron chi connectivity index (χ3n) is 3.86. The fourth-order valence-electron chi connectivity index (χ4n) is 2.25. The summed E-state index contributed by atoms with van der Waals surface area (Å²) in [5.41, 5.74) is 11.3. The monoisotopic (exact) mass is 234 g/mol. The Labute approximate surface area is 106 Å². The zero-order valence-electron chi connectivity index (χ0n) is 11.8. The Bertz CT molecular complexity index is 371. The molecule has 0 bridgehead atoms. The van der Waals surface area contributed by atoms with E-state index in [0.29, 0.717) is 12.0 Å². The van der Waals surface area contributed by atoms with Crippen molar-refractivity contribution >= 4 is 0 Å². The first-order chi connectivity index (χ1) is 8.01. The lowest BCUT2D eigenvalue weighted by Gasteiger charge is -2.23. The molecule has 0 fully saturated rings. The second kappa shape index (κ2) is 6.18. The molecule has 0 saturated carbocycles. The highest BCUT2D eigenvalue weighted by molar-refractivity contribution is 5.40. The van der Waals surface area contributed by atoms with Gasteiger partial charge >= 0.3 is 0 Å². The zero-order chi connectivity index (χ0) is 13.0. The van der Waals surface area contributed by atoms with Gasteiger partial charge in [0.05, 0.1) is 0 Å². The van der Waals surface area contributed by atoms with Crippen molar-refractivity contribution < 1.29 is 0 Å². The smallest absolute Gasteiger partial charge is 0.0323 e. The van der Waals surface area contributed by atoms with Crippen LogP contribution in [0, 0.1) is 26.7 Å². The number of aryl methyl sites for hydroxylation is 1. The lowest BCUT2D eigenvalue weighted by atomic mass is 9.90. The largest absolute Gasteiger partial charge is 0.330 e. The molecule has 96 valence electrons. The second-order valence-electron chi connectivity index (χ2n) is 5.14. The van der Waals surface area contributed by atoms with Crippen molar-refractivity contribution in [2.24, 2.45) is 11.7 Å². The molecule has 0 radical (unpaired) electrons. The molecule has 0 amide bonds. The first kappa shape index (κ1) is 14.2. The topological polar surface area (TPSA) is 38.0 Å². The number of rotatable bonds is 5. The second-order valence-corrected chi connectivity index (χ2v) is 5.14. The van der Waals surface area contributed by atoms with E-state index >= 15 is 0 Å². The average Bonchev–Trinajstić information content (AvgIpc) is 2.33. The van der Waals surface area contributed by atoms with Crippen LogP contribution < -0.4 is 11.1 Å². The van der Waals surface area contributed by atoms with Gasteiger partial charge in [0, 0.05) is 6.04 Å². The number of hydrogen-bond acceptors (Lipinski definition) is 2. The molecule has 0 spiro atoms. The number of hydrogen-bond donors (Lipinski definition) is 2. The first-order valence-electron chi connectivity index (χ1n) is 6.45. The molecular formula is C15H26N2. The molecule has 2 heteroatoms. The highest BCUT2D eigenvalue weighted by Gasteiger charge is 2.16. The summed E-state index contributed by atoms with van der Waals surface area (Å²) in [6, 6.07) is 4.88. The molecule has 17 heavy (non-hydrogen) atoms. The maximum absolute atomic E-state index is 5.72. The Balaban J connectivity index is 3.00. The van der Waals surface area contributed by atoms with Crippen LogP contribution in [0.25, 0.3) is 0 Å². The van der Waals surface area contributed by atoms with E-state index in [-0.39, 0.29) is 0 Å². The normalized spacial score (nSPS) is 14.7. The summed E-state index contributed by atoms with van der Waals surface area (Å²) in [6.45, 7) is 9.55. The molecule has 2 unspecified atom stereocenters. The van der Waals surface area contributed by atoms with Gasteiger partial charge in [-0.2, -0.15) is 0 Å². The zero-order valence-corrected chi connectivity index (χ0v) is 11.8. The Kier molecular flexibility index (Phi) is 5.16. The van der Waals surface area contributed by atoms with Crippen molar-refractivity contribution in [2.75, 3.05) is 13.6 Å². The molecule has 2 nitrogen and oxygen atoms in total. The summed E-state index contributed by atoms with van der Waals surface area (Å²) in [7, 11) is 2.03. The Morgan fingerprint density at radius 3 is 2.35 bits per heavy atom. The molecule has 0 heterocycles. The van der Waals surface area contributed by atoms with Gasteiger partial charge in [0.25, 0.3) is 0 Å². The standard InChI is InChI=1S/C15H26N2/c1-10(9-16)8-15(17-5)14-7-6-11(2)12(3)13(14)4/h6-7,10,15,17H,8-9,16H2,1-5H3. The highest BCUT2D eigenvalue weighted by atomic mass is 14.9. The van der Waals surface area contributed by atoms with Crippen LogP contribution in [0.3, 0.4) is 0 Å². The molecule has 1 aromatic rings. The molecule has 2 atom stereocenters. The van der Waals surface area contributed by atoms with Crippen molar-refractivity contribution in [3.63, 3.8) is 0 Å². The van der Waals surface area contributed by atoms with Gasteiger partial charge in [-0.15, -0.1) is 0 Å². The fraction of sp³-hybridized carbons (Fsp3) is 0.600. The molecule has 1 rings (SSSR count). The summed E-state index contributed by atoms with van der Waals surface area (Å²) in [5.74, 6) is 0.549. The highest BCUT2D eigenvalue weighted by Crippen LogP contribution is 2.27. The van der Waals surface area contributed by atoms with Gasteiger partial charge in [-0.3, -0.25) is 0 Å². The maximum atomic E-state index is 5.72. The predicted molar refractivity (Wildman–Crippen MR) is 75.3 cm³/mol. The SMILES string of the molecule is CNC(CC(C)CN)c1ccc(C)c(C)c1C. The van der Waals surface area contributed by atoms with Crippen molar-refractivity contribution in [1.29, 1.82) is 0 Å². The fourth-order valence-corrected chi connectivity index (χ4v) is 2.25.